The fourth-order valence-corrected chi connectivity index (χ4v) is 7.22. The van der Waals surface area contributed by atoms with Crippen molar-refractivity contribution in [2.75, 3.05) is 4.90 Å². The van der Waals surface area contributed by atoms with E-state index in [4.69, 9.17) is 8.83 Å². The minimum atomic E-state index is 0.867. The summed E-state index contributed by atoms with van der Waals surface area (Å²) in [5.41, 5.74) is 11.4. The van der Waals surface area contributed by atoms with Gasteiger partial charge in [0.15, 0.2) is 5.58 Å². The van der Waals surface area contributed by atoms with Gasteiger partial charge in [0, 0.05) is 32.9 Å². The van der Waals surface area contributed by atoms with Crippen LogP contribution in [-0.4, -0.2) is 0 Å². The van der Waals surface area contributed by atoms with Crippen molar-refractivity contribution in [3.05, 3.63) is 176 Å². The number of hydrogen-bond acceptors (Lipinski definition) is 3. The number of hydrogen-bond donors (Lipinski definition) is 0. The number of para-hydroxylation sites is 3. The number of benzene rings is 8. The van der Waals surface area contributed by atoms with Gasteiger partial charge < -0.3 is 13.7 Å². The second kappa shape index (κ2) is 11.0. The van der Waals surface area contributed by atoms with Crippen LogP contribution in [0, 0.1) is 0 Å². The smallest absolute Gasteiger partial charge is 0.159 e. The van der Waals surface area contributed by atoms with Gasteiger partial charge >= 0.3 is 0 Å². The molecule has 49 heavy (non-hydrogen) atoms. The summed E-state index contributed by atoms with van der Waals surface area (Å²) < 4.78 is 12.7. The SMILES string of the molecule is c1ccc(-c2ccc(N(c3ccc(-c4ccc5cc6c(cc5c4)oc4ccccc46)cc3)c3cccc4c3oc3ccccc34)cc2)cc1. The number of furan rings is 2. The number of nitrogens with zero attached hydrogens (tertiary/aromatic N) is 1. The Morgan fingerprint density at radius 3 is 1.63 bits per heavy atom. The third-order valence-electron chi connectivity index (χ3n) is 9.65. The van der Waals surface area contributed by atoms with Crippen LogP contribution >= 0.6 is 0 Å². The average Bonchev–Trinajstić information content (AvgIpc) is 3.73. The molecule has 0 spiro atoms. The van der Waals surface area contributed by atoms with Crippen LogP contribution in [0.3, 0.4) is 0 Å². The van der Waals surface area contributed by atoms with Crippen LogP contribution in [0.1, 0.15) is 0 Å². The second-order valence-corrected chi connectivity index (χ2v) is 12.6. The Hall–Kier alpha value is -6.58. The highest BCUT2D eigenvalue weighted by atomic mass is 16.3. The Morgan fingerprint density at radius 2 is 0.898 bits per heavy atom. The number of fused-ring (bicyclic) bond motifs is 7. The molecule has 0 N–H and O–H groups in total. The van der Waals surface area contributed by atoms with Crippen molar-refractivity contribution in [2.24, 2.45) is 0 Å². The fraction of sp³-hybridized carbons (Fsp3) is 0. The first-order valence-corrected chi connectivity index (χ1v) is 16.6. The summed E-state index contributed by atoms with van der Waals surface area (Å²) >= 11 is 0. The van der Waals surface area contributed by atoms with Gasteiger partial charge in [0.1, 0.15) is 16.7 Å². The van der Waals surface area contributed by atoms with Gasteiger partial charge in [0.25, 0.3) is 0 Å². The maximum atomic E-state index is 6.53. The predicted molar refractivity (Wildman–Crippen MR) is 204 cm³/mol. The van der Waals surface area contributed by atoms with Gasteiger partial charge in [0.05, 0.1) is 5.69 Å². The maximum absolute atomic E-state index is 6.53. The van der Waals surface area contributed by atoms with Crippen molar-refractivity contribution in [3.8, 4) is 22.3 Å². The monoisotopic (exact) mass is 627 g/mol. The molecule has 2 heterocycles. The van der Waals surface area contributed by atoms with Crippen molar-refractivity contribution in [3.63, 3.8) is 0 Å². The standard InChI is InChI=1S/C46H29NO2/c1-2-9-30(10-3-1)31-19-23-36(24-20-31)47(42-14-8-13-40-38-11-4-7-16-44(38)49-46(40)42)37-25-21-32(22-26-37)33-17-18-34-28-41-39-12-5-6-15-43(39)48-45(41)29-35(34)27-33/h1-29H. The van der Waals surface area contributed by atoms with E-state index in [0.29, 0.717) is 0 Å². The van der Waals surface area contributed by atoms with E-state index in [1.807, 2.05) is 24.3 Å². The Bertz CT molecular complexity index is 2810. The molecule has 0 saturated heterocycles. The Kier molecular flexibility index (Phi) is 6.18. The van der Waals surface area contributed by atoms with E-state index >= 15 is 0 Å². The molecule has 230 valence electrons. The summed E-state index contributed by atoms with van der Waals surface area (Å²) in [6.07, 6.45) is 0. The first-order chi connectivity index (χ1) is 24.3. The van der Waals surface area contributed by atoms with Crippen LogP contribution in [-0.2, 0) is 0 Å². The molecule has 0 bridgehead atoms. The molecule has 2 aromatic heterocycles. The van der Waals surface area contributed by atoms with E-state index in [2.05, 4.69) is 157 Å². The van der Waals surface area contributed by atoms with Crippen LogP contribution in [0.15, 0.2) is 185 Å². The lowest BCUT2D eigenvalue weighted by Crippen LogP contribution is -2.10. The van der Waals surface area contributed by atoms with Gasteiger partial charge in [-0.15, -0.1) is 0 Å². The van der Waals surface area contributed by atoms with Crippen LogP contribution in [0.4, 0.5) is 17.1 Å². The van der Waals surface area contributed by atoms with Crippen LogP contribution < -0.4 is 4.90 Å². The average molecular weight is 628 g/mol. The molecule has 8 aromatic carbocycles. The van der Waals surface area contributed by atoms with Gasteiger partial charge in [-0.05, 0) is 93.7 Å². The quantitative estimate of drug-likeness (QED) is 0.190. The molecule has 0 unspecified atom stereocenters. The minimum absolute atomic E-state index is 0.867. The summed E-state index contributed by atoms with van der Waals surface area (Å²) in [5.74, 6) is 0. The Labute approximate surface area is 282 Å². The summed E-state index contributed by atoms with van der Waals surface area (Å²) in [5, 5.41) is 6.87. The molecule has 0 amide bonds. The van der Waals surface area contributed by atoms with Crippen molar-refractivity contribution in [1.29, 1.82) is 0 Å². The van der Waals surface area contributed by atoms with E-state index in [1.54, 1.807) is 0 Å². The molecular formula is C46H29NO2. The molecular weight excluding hydrogens is 599 g/mol. The highest BCUT2D eigenvalue weighted by molar-refractivity contribution is 6.11. The molecule has 0 atom stereocenters. The molecule has 10 rings (SSSR count). The van der Waals surface area contributed by atoms with E-state index < -0.39 is 0 Å². The van der Waals surface area contributed by atoms with Gasteiger partial charge in [-0.1, -0.05) is 115 Å². The van der Waals surface area contributed by atoms with Gasteiger partial charge in [0.2, 0.25) is 0 Å². The van der Waals surface area contributed by atoms with Gasteiger partial charge in [-0.2, -0.15) is 0 Å². The summed E-state index contributed by atoms with van der Waals surface area (Å²) in [6.45, 7) is 0. The van der Waals surface area contributed by atoms with E-state index in [-0.39, 0.29) is 0 Å². The molecule has 3 heteroatoms. The summed E-state index contributed by atoms with van der Waals surface area (Å²) in [7, 11) is 0. The largest absolute Gasteiger partial charge is 0.456 e. The first kappa shape index (κ1) is 27.5. The molecule has 0 aliphatic rings. The maximum Gasteiger partial charge on any atom is 0.159 e. The number of rotatable bonds is 5. The lowest BCUT2D eigenvalue weighted by atomic mass is 9.99. The molecule has 10 aromatic rings. The summed E-state index contributed by atoms with van der Waals surface area (Å²) in [6, 6.07) is 62.1. The zero-order valence-corrected chi connectivity index (χ0v) is 26.5. The fourth-order valence-electron chi connectivity index (χ4n) is 7.22. The summed E-state index contributed by atoms with van der Waals surface area (Å²) in [4.78, 5) is 2.29. The third-order valence-corrected chi connectivity index (χ3v) is 9.65. The molecule has 0 radical (unpaired) electrons. The van der Waals surface area contributed by atoms with E-state index in [9.17, 15) is 0 Å². The molecule has 0 aliphatic heterocycles. The lowest BCUT2D eigenvalue weighted by molar-refractivity contribution is 0.669. The lowest BCUT2D eigenvalue weighted by Gasteiger charge is -2.26. The van der Waals surface area contributed by atoms with Crippen LogP contribution in [0.2, 0.25) is 0 Å². The second-order valence-electron chi connectivity index (χ2n) is 12.6. The highest BCUT2D eigenvalue weighted by Gasteiger charge is 2.19. The van der Waals surface area contributed by atoms with Crippen molar-refractivity contribution in [1.82, 2.24) is 0 Å². The van der Waals surface area contributed by atoms with Crippen molar-refractivity contribution < 1.29 is 8.83 Å². The normalized spacial score (nSPS) is 11.7. The zero-order valence-electron chi connectivity index (χ0n) is 26.5. The van der Waals surface area contributed by atoms with Gasteiger partial charge in [-0.3, -0.25) is 0 Å². The first-order valence-electron chi connectivity index (χ1n) is 16.6. The highest BCUT2D eigenvalue weighted by Crippen LogP contribution is 2.43. The van der Waals surface area contributed by atoms with E-state index in [0.717, 1.165) is 77.5 Å². The van der Waals surface area contributed by atoms with Crippen molar-refractivity contribution >= 4 is 71.7 Å². The molecule has 0 aliphatic carbocycles. The molecule has 0 saturated carbocycles. The molecule has 0 fully saturated rings. The zero-order chi connectivity index (χ0) is 32.3. The minimum Gasteiger partial charge on any atom is -0.456 e. The topological polar surface area (TPSA) is 29.5 Å². The predicted octanol–water partition coefficient (Wildman–Crippen LogP) is 13.4. The van der Waals surface area contributed by atoms with Crippen LogP contribution in [0.5, 0.6) is 0 Å². The third kappa shape index (κ3) is 4.59. The van der Waals surface area contributed by atoms with Crippen molar-refractivity contribution in [2.45, 2.75) is 0 Å². The van der Waals surface area contributed by atoms with Crippen LogP contribution in [0.25, 0.3) is 76.9 Å². The Balaban J connectivity index is 1.08. The number of anilines is 3. The molecule has 3 nitrogen and oxygen atoms in total. The van der Waals surface area contributed by atoms with E-state index in [1.165, 1.54) is 16.5 Å². The Morgan fingerprint density at radius 1 is 0.327 bits per heavy atom. The van der Waals surface area contributed by atoms with Gasteiger partial charge in [-0.25, -0.2) is 0 Å².